The number of nitrogens with one attached hydrogen (secondary N) is 1. The molecule has 0 aliphatic heterocycles. The Morgan fingerprint density at radius 1 is 1.47 bits per heavy atom. The van der Waals surface area contributed by atoms with Gasteiger partial charge in [0, 0.05) is 13.6 Å². The molecule has 2 amide bonds. The molecule has 1 rings (SSSR count). The van der Waals surface area contributed by atoms with Crippen molar-refractivity contribution in [1.29, 1.82) is 0 Å². The lowest BCUT2D eigenvalue weighted by Gasteiger charge is -2.34. The van der Waals surface area contributed by atoms with Crippen LogP contribution in [0.1, 0.15) is 26.2 Å². The fourth-order valence-corrected chi connectivity index (χ4v) is 1.92. The quantitative estimate of drug-likeness (QED) is 0.647. The maximum Gasteiger partial charge on any atom is 0.326 e. The molecule has 6 nitrogen and oxygen atoms in total. The van der Waals surface area contributed by atoms with Gasteiger partial charge in [-0.25, -0.2) is 9.59 Å². The predicted molar refractivity (Wildman–Crippen MR) is 61.6 cm³/mol. The Morgan fingerprint density at radius 3 is 2.47 bits per heavy atom. The van der Waals surface area contributed by atoms with Crippen LogP contribution in [0.5, 0.6) is 0 Å². The van der Waals surface area contributed by atoms with Crippen LogP contribution < -0.4 is 5.32 Å². The second-order valence-electron chi connectivity index (χ2n) is 4.62. The lowest BCUT2D eigenvalue weighted by molar-refractivity contribution is -0.139. The summed E-state index contributed by atoms with van der Waals surface area (Å²) in [6.07, 6.45) is 1.55. The molecule has 3 N–H and O–H groups in total. The van der Waals surface area contributed by atoms with E-state index in [1.807, 2.05) is 0 Å². The number of carboxylic acid groups (broad SMARTS) is 1. The number of aliphatic hydroxyl groups excluding tert-OH is 1. The van der Waals surface area contributed by atoms with Crippen LogP contribution in [0.3, 0.4) is 0 Å². The smallest absolute Gasteiger partial charge is 0.326 e. The molecule has 0 radical (unpaired) electrons. The number of amides is 2. The van der Waals surface area contributed by atoms with Crippen LogP contribution in [0.2, 0.25) is 0 Å². The maximum absolute atomic E-state index is 11.7. The third-order valence-electron chi connectivity index (χ3n) is 3.09. The molecular weight excluding hydrogens is 224 g/mol. The normalized spacial score (nSPS) is 24.6. The summed E-state index contributed by atoms with van der Waals surface area (Å²) >= 11 is 0. The number of hydrogen-bond acceptors (Lipinski definition) is 3. The Kier molecular flexibility index (Phi) is 4.74. The number of nitrogens with zero attached hydrogens (tertiary/aromatic N) is 1. The van der Waals surface area contributed by atoms with Crippen molar-refractivity contribution in [2.75, 3.05) is 13.6 Å². The largest absolute Gasteiger partial charge is 0.480 e. The number of urea groups is 1. The summed E-state index contributed by atoms with van der Waals surface area (Å²) in [6.45, 7) is 2.26. The Bertz CT molecular complexity index is 289. The van der Waals surface area contributed by atoms with Gasteiger partial charge < -0.3 is 20.4 Å². The van der Waals surface area contributed by atoms with Crippen molar-refractivity contribution in [1.82, 2.24) is 10.2 Å². The highest BCUT2D eigenvalue weighted by Gasteiger charge is 2.29. The second kappa shape index (κ2) is 5.86. The minimum Gasteiger partial charge on any atom is -0.480 e. The molecule has 17 heavy (non-hydrogen) atoms. The summed E-state index contributed by atoms with van der Waals surface area (Å²) in [5.41, 5.74) is 0. The first kappa shape index (κ1) is 13.8. The van der Waals surface area contributed by atoms with E-state index in [0.29, 0.717) is 31.7 Å². The van der Waals surface area contributed by atoms with E-state index in [1.54, 1.807) is 14.0 Å². The number of carboxylic acids is 1. The molecule has 1 atom stereocenters. The van der Waals surface area contributed by atoms with Gasteiger partial charge in [0.05, 0.1) is 6.10 Å². The van der Waals surface area contributed by atoms with Crippen molar-refractivity contribution < 1.29 is 19.8 Å². The van der Waals surface area contributed by atoms with Crippen molar-refractivity contribution in [2.24, 2.45) is 5.92 Å². The van der Waals surface area contributed by atoms with E-state index < -0.39 is 12.0 Å². The summed E-state index contributed by atoms with van der Waals surface area (Å²) in [5, 5.41) is 20.4. The monoisotopic (exact) mass is 244 g/mol. The van der Waals surface area contributed by atoms with E-state index in [9.17, 15) is 9.59 Å². The molecule has 1 aliphatic carbocycles. The highest BCUT2D eigenvalue weighted by atomic mass is 16.4. The molecule has 6 heteroatoms. The first-order valence-electron chi connectivity index (χ1n) is 5.86. The van der Waals surface area contributed by atoms with Crippen LogP contribution in [0, 0.1) is 5.92 Å². The second-order valence-corrected chi connectivity index (χ2v) is 4.62. The Morgan fingerprint density at radius 2 is 2.06 bits per heavy atom. The molecule has 0 spiro atoms. The van der Waals surface area contributed by atoms with Gasteiger partial charge in [0.25, 0.3) is 0 Å². The Balaban J connectivity index is 2.33. The Hall–Kier alpha value is -1.30. The van der Waals surface area contributed by atoms with E-state index in [2.05, 4.69) is 5.32 Å². The lowest BCUT2D eigenvalue weighted by atomic mass is 9.82. The summed E-state index contributed by atoms with van der Waals surface area (Å²) in [7, 11) is 1.63. The fraction of sp³-hybridized carbons (Fsp3) is 0.818. The van der Waals surface area contributed by atoms with Crippen LogP contribution in [0.4, 0.5) is 4.79 Å². The number of carbonyl (C=O) groups is 2. The van der Waals surface area contributed by atoms with Crippen LogP contribution in [0.25, 0.3) is 0 Å². The van der Waals surface area contributed by atoms with Gasteiger partial charge >= 0.3 is 12.0 Å². The molecule has 1 aliphatic rings. The van der Waals surface area contributed by atoms with Crippen molar-refractivity contribution in [3.63, 3.8) is 0 Å². The molecule has 0 heterocycles. The summed E-state index contributed by atoms with van der Waals surface area (Å²) in [4.78, 5) is 23.9. The number of carbonyl (C=O) groups excluding carboxylic acids is 1. The highest BCUT2D eigenvalue weighted by Crippen LogP contribution is 2.27. The SMILES string of the molecule is CC[C@H](NC(=O)N(C)CC1CC(O)C1)C(=O)O. The zero-order chi connectivity index (χ0) is 13.0. The molecule has 1 fully saturated rings. The zero-order valence-electron chi connectivity index (χ0n) is 10.2. The van der Waals surface area contributed by atoms with Crippen molar-refractivity contribution in [3.8, 4) is 0 Å². The number of rotatable bonds is 5. The molecule has 0 saturated heterocycles. The van der Waals surface area contributed by atoms with Gasteiger partial charge in [-0.3, -0.25) is 0 Å². The van der Waals surface area contributed by atoms with E-state index in [4.69, 9.17) is 10.2 Å². The van der Waals surface area contributed by atoms with Crippen molar-refractivity contribution in [2.45, 2.75) is 38.3 Å². The topological polar surface area (TPSA) is 89.9 Å². The van der Waals surface area contributed by atoms with Gasteiger partial charge in [0.15, 0.2) is 0 Å². The molecular formula is C11H20N2O4. The van der Waals surface area contributed by atoms with Crippen LogP contribution in [-0.2, 0) is 4.79 Å². The summed E-state index contributed by atoms with van der Waals surface area (Å²) in [5.74, 6) is -0.695. The minimum atomic E-state index is -1.02. The molecule has 1 saturated carbocycles. The van der Waals surface area contributed by atoms with Crippen molar-refractivity contribution in [3.05, 3.63) is 0 Å². The van der Waals surface area contributed by atoms with Gasteiger partial charge in [-0.05, 0) is 25.2 Å². The zero-order valence-corrected chi connectivity index (χ0v) is 10.2. The standard InChI is InChI=1S/C11H20N2O4/c1-3-9(10(15)16)12-11(17)13(2)6-7-4-8(14)5-7/h7-9,14H,3-6H2,1-2H3,(H,12,17)(H,15,16)/t7?,8?,9-/m0/s1. The lowest BCUT2D eigenvalue weighted by Crippen LogP contribution is -2.48. The maximum atomic E-state index is 11.7. The third kappa shape index (κ3) is 3.89. The van der Waals surface area contributed by atoms with E-state index >= 15 is 0 Å². The number of aliphatic hydroxyl groups is 1. The number of aliphatic carboxylic acids is 1. The fourth-order valence-electron chi connectivity index (χ4n) is 1.92. The molecule has 0 unspecified atom stereocenters. The van der Waals surface area contributed by atoms with Crippen LogP contribution >= 0.6 is 0 Å². The first-order valence-corrected chi connectivity index (χ1v) is 5.86. The molecule has 0 aromatic carbocycles. The first-order chi connectivity index (χ1) is 7.93. The summed E-state index contributed by atoms with van der Waals surface area (Å²) in [6, 6.07) is -1.21. The summed E-state index contributed by atoms with van der Waals surface area (Å²) < 4.78 is 0. The average molecular weight is 244 g/mol. The molecule has 0 aromatic rings. The van der Waals surface area contributed by atoms with Gasteiger partial charge in [-0.15, -0.1) is 0 Å². The van der Waals surface area contributed by atoms with Gasteiger partial charge in [-0.2, -0.15) is 0 Å². The van der Waals surface area contributed by atoms with E-state index in [1.165, 1.54) is 4.90 Å². The van der Waals surface area contributed by atoms with Gasteiger partial charge in [0.2, 0.25) is 0 Å². The van der Waals surface area contributed by atoms with Gasteiger partial charge in [0.1, 0.15) is 6.04 Å². The molecule has 0 bridgehead atoms. The molecule has 98 valence electrons. The van der Waals surface area contributed by atoms with Crippen LogP contribution in [-0.4, -0.2) is 52.9 Å². The third-order valence-corrected chi connectivity index (χ3v) is 3.09. The predicted octanol–water partition coefficient (Wildman–Crippen LogP) is 0.262. The van der Waals surface area contributed by atoms with E-state index in [0.717, 1.165) is 0 Å². The van der Waals surface area contributed by atoms with Crippen molar-refractivity contribution >= 4 is 12.0 Å². The number of hydrogen-bond donors (Lipinski definition) is 3. The highest BCUT2D eigenvalue weighted by molar-refractivity contribution is 5.82. The average Bonchev–Trinajstić information content (AvgIpc) is 2.22. The van der Waals surface area contributed by atoms with Gasteiger partial charge in [-0.1, -0.05) is 6.92 Å². The van der Waals surface area contributed by atoms with E-state index in [-0.39, 0.29) is 12.1 Å². The Labute approximate surface area is 101 Å². The minimum absolute atomic E-state index is 0.237. The molecule has 0 aromatic heterocycles. The van der Waals surface area contributed by atoms with Crippen LogP contribution in [0.15, 0.2) is 0 Å².